The second kappa shape index (κ2) is 18.1. The third kappa shape index (κ3) is 10.8. The maximum Gasteiger partial charge on any atom is 0.230 e. The maximum atomic E-state index is 12.8. The zero-order valence-electron chi connectivity index (χ0n) is 28.8. The second-order valence-corrected chi connectivity index (χ2v) is 15.7. The Hall–Kier alpha value is -2.84. The van der Waals surface area contributed by atoms with E-state index in [0.717, 1.165) is 80.9 Å². The number of hydrogen-bond acceptors (Lipinski definition) is 7. The van der Waals surface area contributed by atoms with E-state index in [1.165, 1.54) is 57.4 Å². The summed E-state index contributed by atoms with van der Waals surface area (Å²) in [5.41, 5.74) is 5.15. The zero-order chi connectivity index (χ0) is 33.0. The molecule has 2 aliphatic rings. The van der Waals surface area contributed by atoms with Crippen molar-refractivity contribution in [3.05, 3.63) is 75.8 Å². The van der Waals surface area contributed by atoms with Crippen molar-refractivity contribution in [2.24, 2.45) is 27.7 Å². The number of amides is 1. The lowest BCUT2D eigenvalue weighted by Gasteiger charge is -2.28. The van der Waals surface area contributed by atoms with Crippen LogP contribution in [-0.4, -0.2) is 39.3 Å². The van der Waals surface area contributed by atoms with Crippen molar-refractivity contribution in [3.8, 4) is 0 Å². The molecule has 1 N–H and O–H groups in total. The number of nitrogens with one attached hydrogen (secondary N) is 1. The number of hydrogen-bond donors (Lipinski definition) is 1. The van der Waals surface area contributed by atoms with Gasteiger partial charge in [-0.2, -0.15) is 0 Å². The number of aromatic nitrogens is 2. The molecule has 1 saturated carbocycles. The fourth-order valence-electron chi connectivity index (χ4n) is 6.46. The largest absolute Gasteiger partial charge is 0.300 e. The third-order valence-corrected chi connectivity index (χ3v) is 12.1. The summed E-state index contributed by atoms with van der Waals surface area (Å²) in [6.45, 7) is 10.8. The van der Waals surface area contributed by atoms with Gasteiger partial charge >= 0.3 is 0 Å². The van der Waals surface area contributed by atoms with Crippen molar-refractivity contribution < 1.29 is 4.79 Å². The van der Waals surface area contributed by atoms with Crippen LogP contribution < -0.4 is 5.32 Å². The topological polar surface area (TPSA) is 79.6 Å². The van der Waals surface area contributed by atoms with Gasteiger partial charge in [0.1, 0.15) is 5.01 Å². The summed E-state index contributed by atoms with van der Waals surface area (Å²) >= 11 is 3.37. The molecular weight excluding hydrogens is 619 g/mol. The van der Waals surface area contributed by atoms with Crippen LogP contribution in [0.3, 0.4) is 0 Å². The molecule has 4 unspecified atom stereocenters. The molecule has 252 valence electrons. The highest BCUT2D eigenvalue weighted by Crippen LogP contribution is 2.41. The molecule has 2 aromatic carbocycles. The van der Waals surface area contributed by atoms with Crippen molar-refractivity contribution in [3.63, 3.8) is 0 Å². The highest BCUT2D eigenvalue weighted by atomic mass is 32.2. The van der Waals surface area contributed by atoms with Crippen LogP contribution in [0.5, 0.6) is 0 Å². The highest BCUT2D eigenvalue weighted by Gasteiger charge is 2.31. The Labute approximate surface area is 290 Å². The highest BCUT2D eigenvalue weighted by molar-refractivity contribution is 8.26. The van der Waals surface area contributed by atoms with E-state index in [2.05, 4.69) is 91.7 Å². The summed E-state index contributed by atoms with van der Waals surface area (Å²) in [6.07, 6.45) is 12.7. The first-order valence-corrected chi connectivity index (χ1v) is 19.6. The molecule has 3 aromatic rings. The lowest BCUT2D eigenvalue weighted by Crippen LogP contribution is -2.21. The van der Waals surface area contributed by atoms with Gasteiger partial charge in [0.05, 0.1) is 16.5 Å². The van der Waals surface area contributed by atoms with Crippen molar-refractivity contribution in [2.45, 2.75) is 111 Å². The van der Waals surface area contributed by atoms with E-state index in [-0.39, 0.29) is 5.91 Å². The predicted octanol–water partition coefficient (Wildman–Crippen LogP) is 9.74. The molecule has 1 amide bonds. The Morgan fingerprint density at radius 3 is 2.38 bits per heavy atom. The van der Waals surface area contributed by atoms with Gasteiger partial charge in [0.2, 0.25) is 11.0 Å². The van der Waals surface area contributed by atoms with E-state index in [4.69, 9.17) is 9.98 Å². The smallest absolute Gasteiger partial charge is 0.230 e. The number of unbranched alkanes of at least 4 members (excludes halogenated alkanes) is 1. The molecule has 1 aliphatic heterocycles. The number of carbonyl (C=O) groups excluding carboxylic acids is 1. The number of thioether (sulfide) groups is 1. The Bertz CT molecular complexity index is 1480. The number of rotatable bonds is 14. The van der Waals surface area contributed by atoms with Crippen LogP contribution in [0.25, 0.3) is 0 Å². The van der Waals surface area contributed by atoms with Gasteiger partial charge < -0.3 is 5.32 Å². The minimum absolute atomic E-state index is 0.0423. The van der Waals surface area contributed by atoms with Crippen LogP contribution in [0.1, 0.15) is 112 Å². The molecule has 0 saturated heterocycles. The second-order valence-electron chi connectivity index (χ2n) is 13.7. The molecular formula is C39H53N5OS2. The fourth-order valence-corrected chi connectivity index (χ4v) is 8.59. The molecule has 6 nitrogen and oxygen atoms in total. The SMILES string of the molecule is CCCCc1ccc(CC(=O)Nc2nnc(C3CCCC(C4=NCCC(C)C(=NCCc5ccc(CC(C)CC)cc5)S4)C3)s2)cc1. The number of anilines is 1. The summed E-state index contributed by atoms with van der Waals surface area (Å²) in [5.74, 6) is 1.90. The van der Waals surface area contributed by atoms with Crippen LogP contribution in [0.2, 0.25) is 0 Å². The molecule has 0 bridgehead atoms. The normalized spacial score (nSPS) is 21.7. The van der Waals surface area contributed by atoms with Crippen molar-refractivity contribution in [1.82, 2.24) is 10.2 Å². The summed E-state index contributed by atoms with van der Waals surface area (Å²) in [7, 11) is 0. The van der Waals surface area contributed by atoms with E-state index in [1.54, 1.807) is 0 Å². The van der Waals surface area contributed by atoms with Gasteiger partial charge in [-0.3, -0.25) is 14.8 Å². The molecule has 8 heteroatoms. The Kier molecular flexibility index (Phi) is 13.6. The molecule has 1 aliphatic carbocycles. The maximum absolute atomic E-state index is 12.8. The molecule has 0 spiro atoms. The summed E-state index contributed by atoms with van der Waals surface area (Å²) in [6, 6.07) is 17.6. The minimum atomic E-state index is -0.0423. The number of nitrogens with zero attached hydrogens (tertiary/aromatic N) is 4. The van der Waals surface area contributed by atoms with E-state index in [9.17, 15) is 4.79 Å². The van der Waals surface area contributed by atoms with Crippen LogP contribution in [0.4, 0.5) is 5.13 Å². The Balaban J connectivity index is 1.13. The first kappa shape index (κ1) is 35.5. The summed E-state index contributed by atoms with van der Waals surface area (Å²) in [4.78, 5) is 23.0. The number of carbonyl (C=O) groups is 1. The monoisotopic (exact) mass is 671 g/mol. The zero-order valence-corrected chi connectivity index (χ0v) is 30.5. The molecule has 0 radical (unpaired) electrons. The Morgan fingerprint density at radius 1 is 0.936 bits per heavy atom. The van der Waals surface area contributed by atoms with Gasteiger partial charge in [-0.25, -0.2) is 0 Å². The predicted molar refractivity (Wildman–Crippen MR) is 201 cm³/mol. The fraction of sp³-hybridized carbons (Fsp3) is 0.564. The van der Waals surface area contributed by atoms with Crippen LogP contribution in [0, 0.1) is 17.8 Å². The molecule has 4 atom stereocenters. The van der Waals surface area contributed by atoms with Crippen LogP contribution in [-0.2, 0) is 30.5 Å². The van der Waals surface area contributed by atoms with Crippen molar-refractivity contribution >= 4 is 44.2 Å². The molecule has 5 rings (SSSR count). The number of aliphatic imine (C=N–C) groups is 2. The van der Waals surface area contributed by atoms with Crippen molar-refractivity contribution in [2.75, 3.05) is 18.4 Å². The van der Waals surface area contributed by atoms with Crippen LogP contribution >= 0.6 is 23.1 Å². The molecule has 47 heavy (non-hydrogen) atoms. The first-order valence-electron chi connectivity index (χ1n) is 18.0. The van der Waals surface area contributed by atoms with Gasteiger partial charge in [0, 0.05) is 30.8 Å². The van der Waals surface area contributed by atoms with Gasteiger partial charge in [-0.05, 0) is 79.5 Å². The quantitative estimate of drug-likeness (QED) is 0.185. The first-order chi connectivity index (χ1) is 22.9. The minimum Gasteiger partial charge on any atom is -0.300 e. The molecule has 1 aromatic heterocycles. The van der Waals surface area contributed by atoms with E-state index < -0.39 is 0 Å². The van der Waals surface area contributed by atoms with E-state index in [1.807, 2.05) is 11.8 Å². The lowest BCUT2D eigenvalue weighted by molar-refractivity contribution is -0.115. The number of aryl methyl sites for hydroxylation is 1. The standard InChI is InChI=1S/C39H53N5OS2/c1-5-7-9-29-12-18-32(19-13-29)25-35(45)42-39-44-43-38(47-39)34-11-8-10-33(26-34)37-41-22-20-28(4)36(46-37)40-23-21-30-14-16-31(17-15-30)24-27(3)6-2/h12-19,27-28,33-34H,5-11,20-26H2,1-4H3,(H,42,44,45). The number of benzene rings is 2. The molecule has 2 heterocycles. The van der Waals surface area contributed by atoms with Gasteiger partial charge in [-0.1, -0.05) is 119 Å². The van der Waals surface area contributed by atoms with Gasteiger partial charge in [-0.15, -0.1) is 10.2 Å². The third-order valence-electron chi connectivity index (χ3n) is 9.70. The van der Waals surface area contributed by atoms with E-state index in [0.29, 0.717) is 29.3 Å². The average Bonchev–Trinajstić information content (AvgIpc) is 3.47. The summed E-state index contributed by atoms with van der Waals surface area (Å²) in [5, 5.41) is 16.0. The van der Waals surface area contributed by atoms with Gasteiger partial charge in [0.15, 0.2) is 0 Å². The van der Waals surface area contributed by atoms with Crippen molar-refractivity contribution in [1.29, 1.82) is 0 Å². The lowest BCUT2D eigenvalue weighted by atomic mass is 9.82. The Morgan fingerprint density at radius 2 is 1.64 bits per heavy atom. The molecule has 1 fully saturated rings. The van der Waals surface area contributed by atoms with E-state index >= 15 is 0 Å². The van der Waals surface area contributed by atoms with Gasteiger partial charge in [0.25, 0.3) is 0 Å². The average molecular weight is 672 g/mol. The van der Waals surface area contributed by atoms with Crippen LogP contribution in [0.15, 0.2) is 58.5 Å². The summed E-state index contributed by atoms with van der Waals surface area (Å²) < 4.78 is 0.